The number of benzene rings is 1. The Kier molecular flexibility index (Phi) is 6.60. The van der Waals surface area contributed by atoms with Crippen LogP contribution in [0.3, 0.4) is 0 Å². The average Bonchev–Trinajstić information content (AvgIpc) is 2.60. The van der Waals surface area contributed by atoms with Crippen molar-refractivity contribution in [1.29, 1.82) is 0 Å². The van der Waals surface area contributed by atoms with E-state index < -0.39 is 12.0 Å². The number of carbonyl (C=O) groups excluding carboxylic acids is 1. The molecule has 0 amide bonds. The third-order valence-corrected chi connectivity index (χ3v) is 3.97. The van der Waals surface area contributed by atoms with E-state index in [0.717, 1.165) is 5.56 Å². The van der Waals surface area contributed by atoms with Gasteiger partial charge in [-0.3, -0.25) is 0 Å². The van der Waals surface area contributed by atoms with Gasteiger partial charge in [0.15, 0.2) is 16.6 Å². The first-order valence-corrected chi connectivity index (χ1v) is 8.09. The summed E-state index contributed by atoms with van der Waals surface area (Å²) < 4.78 is 20.8. The van der Waals surface area contributed by atoms with Crippen molar-refractivity contribution in [2.24, 2.45) is 0 Å². The van der Waals surface area contributed by atoms with Crippen LogP contribution in [0.15, 0.2) is 29.5 Å². The zero-order chi connectivity index (χ0) is 18.4. The van der Waals surface area contributed by atoms with Gasteiger partial charge in [-0.1, -0.05) is 6.07 Å². The highest BCUT2D eigenvalue weighted by molar-refractivity contribution is 7.80. The van der Waals surface area contributed by atoms with Gasteiger partial charge in [0, 0.05) is 12.8 Å². The van der Waals surface area contributed by atoms with Gasteiger partial charge in [-0.2, -0.15) is 0 Å². The number of methoxy groups -OCH3 is 3. The van der Waals surface area contributed by atoms with E-state index in [1.54, 1.807) is 40.4 Å². The van der Waals surface area contributed by atoms with E-state index >= 15 is 0 Å². The lowest BCUT2D eigenvalue weighted by molar-refractivity contribution is -0.140. The number of thiocarbonyl (C=S) groups is 1. The molecule has 136 valence electrons. The molecule has 0 saturated heterocycles. The van der Waals surface area contributed by atoms with Crippen LogP contribution in [0.25, 0.3) is 0 Å². The molecule has 1 unspecified atom stereocenters. The van der Waals surface area contributed by atoms with Crippen LogP contribution in [-0.2, 0) is 14.3 Å². The molecule has 0 spiro atoms. The lowest BCUT2D eigenvalue weighted by atomic mass is 9.95. The fourth-order valence-corrected chi connectivity index (χ4v) is 2.81. The van der Waals surface area contributed by atoms with Gasteiger partial charge < -0.3 is 29.6 Å². The summed E-state index contributed by atoms with van der Waals surface area (Å²) >= 11 is 5.23. The lowest BCUT2D eigenvalue weighted by Crippen LogP contribution is -2.45. The molecule has 2 N–H and O–H groups in total. The number of hydrogen-bond acceptors (Lipinski definition) is 6. The molecule has 1 aromatic carbocycles. The molecule has 0 saturated carbocycles. The van der Waals surface area contributed by atoms with Crippen LogP contribution in [0.5, 0.6) is 11.5 Å². The van der Waals surface area contributed by atoms with Crippen molar-refractivity contribution in [3.63, 3.8) is 0 Å². The summed E-state index contributed by atoms with van der Waals surface area (Å²) in [6.07, 6.45) is 0. The second kappa shape index (κ2) is 8.68. The molecule has 0 aromatic heterocycles. The summed E-state index contributed by atoms with van der Waals surface area (Å²) in [5.74, 6) is 0.737. The quantitative estimate of drug-likeness (QED) is 0.429. The van der Waals surface area contributed by atoms with Gasteiger partial charge in [0.05, 0.1) is 32.4 Å². The summed E-state index contributed by atoms with van der Waals surface area (Å²) in [6.45, 7) is 2.29. The van der Waals surface area contributed by atoms with Crippen LogP contribution in [0, 0.1) is 0 Å². The Morgan fingerprint density at radius 2 is 1.88 bits per heavy atom. The zero-order valence-electron chi connectivity index (χ0n) is 14.7. The van der Waals surface area contributed by atoms with E-state index in [1.807, 2.05) is 6.07 Å². The third-order valence-electron chi connectivity index (χ3n) is 3.75. The average molecular weight is 366 g/mol. The van der Waals surface area contributed by atoms with Gasteiger partial charge in [0.25, 0.3) is 0 Å². The molecule has 25 heavy (non-hydrogen) atoms. The van der Waals surface area contributed by atoms with Gasteiger partial charge in [-0.25, -0.2) is 4.79 Å². The molecule has 1 heterocycles. The van der Waals surface area contributed by atoms with Gasteiger partial charge in [-0.05, 0) is 36.8 Å². The molecule has 8 heteroatoms. The summed E-state index contributed by atoms with van der Waals surface area (Å²) in [4.78, 5) is 12.5. The zero-order valence-corrected chi connectivity index (χ0v) is 15.5. The van der Waals surface area contributed by atoms with Crippen LogP contribution in [0.4, 0.5) is 0 Å². The Morgan fingerprint density at radius 3 is 2.52 bits per heavy atom. The summed E-state index contributed by atoms with van der Waals surface area (Å²) in [5, 5.41) is 6.51. The van der Waals surface area contributed by atoms with E-state index in [1.165, 1.54) is 0 Å². The first-order valence-electron chi connectivity index (χ1n) is 7.68. The Morgan fingerprint density at radius 1 is 1.16 bits per heavy atom. The molecule has 7 nitrogen and oxygen atoms in total. The van der Waals surface area contributed by atoms with E-state index in [-0.39, 0.29) is 6.61 Å². The lowest BCUT2D eigenvalue weighted by Gasteiger charge is -2.30. The number of rotatable bonds is 7. The van der Waals surface area contributed by atoms with Crippen LogP contribution in [0.1, 0.15) is 18.5 Å². The number of ether oxygens (including phenoxy) is 4. The molecule has 0 aliphatic carbocycles. The number of hydrogen-bond donors (Lipinski definition) is 2. The molecule has 0 radical (unpaired) electrons. The van der Waals surface area contributed by atoms with Crippen LogP contribution in [-0.4, -0.2) is 45.6 Å². The van der Waals surface area contributed by atoms with E-state index in [0.29, 0.717) is 34.5 Å². The van der Waals surface area contributed by atoms with Crippen molar-refractivity contribution < 1.29 is 23.7 Å². The predicted octanol–water partition coefficient (Wildman–Crippen LogP) is 1.69. The van der Waals surface area contributed by atoms with Crippen molar-refractivity contribution in [2.75, 3.05) is 34.5 Å². The summed E-state index contributed by atoms with van der Waals surface area (Å²) in [7, 11) is 4.67. The normalized spacial score (nSPS) is 16.8. The molecule has 1 aliphatic rings. The Bertz CT molecular complexity index is 690. The van der Waals surface area contributed by atoms with E-state index in [2.05, 4.69) is 10.6 Å². The SMILES string of the molecule is COCCOC(=O)C1=C(C)NC(=S)NC1c1ccc(OC)c(OC)c1. The first-order chi connectivity index (χ1) is 12.0. The van der Waals surface area contributed by atoms with Gasteiger partial charge in [0.1, 0.15) is 6.61 Å². The molecule has 1 atom stereocenters. The highest BCUT2D eigenvalue weighted by Gasteiger charge is 2.31. The maximum absolute atomic E-state index is 12.5. The van der Waals surface area contributed by atoms with Crippen molar-refractivity contribution in [2.45, 2.75) is 13.0 Å². The molecular formula is C17H22N2O5S. The highest BCUT2D eigenvalue weighted by Crippen LogP contribution is 2.34. The van der Waals surface area contributed by atoms with Gasteiger partial charge in [-0.15, -0.1) is 0 Å². The topological polar surface area (TPSA) is 78.1 Å². The Labute approximate surface area is 152 Å². The maximum atomic E-state index is 12.5. The number of esters is 1. The first kappa shape index (κ1) is 19.0. The highest BCUT2D eigenvalue weighted by atomic mass is 32.1. The van der Waals surface area contributed by atoms with E-state index in [9.17, 15) is 4.79 Å². The summed E-state index contributed by atoms with van der Waals surface area (Å²) in [6, 6.07) is 4.98. The maximum Gasteiger partial charge on any atom is 0.338 e. The van der Waals surface area contributed by atoms with Crippen LogP contribution >= 0.6 is 12.2 Å². The smallest absolute Gasteiger partial charge is 0.338 e. The Hall–Kier alpha value is -2.32. The molecule has 2 rings (SSSR count). The number of carbonyl (C=O) groups is 1. The minimum absolute atomic E-state index is 0.176. The molecule has 1 aromatic rings. The molecular weight excluding hydrogens is 344 g/mol. The van der Waals surface area contributed by atoms with Crippen LogP contribution in [0.2, 0.25) is 0 Å². The van der Waals surface area contributed by atoms with Gasteiger partial charge in [0.2, 0.25) is 0 Å². The third kappa shape index (κ3) is 4.40. The van der Waals surface area contributed by atoms with E-state index in [4.69, 9.17) is 31.2 Å². The second-order valence-electron chi connectivity index (χ2n) is 5.31. The fourth-order valence-electron chi connectivity index (χ4n) is 2.54. The predicted molar refractivity (Wildman–Crippen MR) is 96.7 cm³/mol. The van der Waals surface area contributed by atoms with Crippen molar-refractivity contribution >= 4 is 23.3 Å². The molecule has 0 fully saturated rings. The molecule has 0 bridgehead atoms. The second-order valence-corrected chi connectivity index (χ2v) is 5.72. The fraction of sp³-hybridized carbons (Fsp3) is 0.412. The number of allylic oxidation sites excluding steroid dienone is 1. The minimum Gasteiger partial charge on any atom is -0.493 e. The number of nitrogens with one attached hydrogen (secondary N) is 2. The summed E-state index contributed by atoms with van der Waals surface area (Å²) in [5.41, 5.74) is 1.91. The standard InChI is InChI=1S/C17H22N2O5S/c1-10-14(16(20)24-8-7-21-2)15(19-17(25)18-10)11-5-6-12(22-3)13(9-11)23-4/h5-6,9,15H,7-8H2,1-4H3,(H2,18,19,25). The van der Waals surface area contributed by atoms with Gasteiger partial charge >= 0.3 is 5.97 Å². The largest absolute Gasteiger partial charge is 0.493 e. The van der Waals surface area contributed by atoms with Crippen molar-refractivity contribution in [1.82, 2.24) is 10.6 Å². The van der Waals surface area contributed by atoms with Crippen LogP contribution < -0.4 is 20.1 Å². The van der Waals surface area contributed by atoms with Crippen molar-refractivity contribution in [3.05, 3.63) is 35.0 Å². The van der Waals surface area contributed by atoms with Crippen molar-refractivity contribution in [3.8, 4) is 11.5 Å². The Balaban J connectivity index is 2.37. The minimum atomic E-state index is -0.455. The monoisotopic (exact) mass is 366 g/mol. The molecule has 1 aliphatic heterocycles.